The Kier molecular flexibility index (Phi) is 4.34. The summed E-state index contributed by atoms with van der Waals surface area (Å²) in [6.45, 7) is 0. The third kappa shape index (κ3) is 3.80. The van der Waals surface area contributed by atoms with Gasteiger partial charge >= 0.3 is 0 Å². The van der Waals surface area contributed by atoms with Gasteiger partial charge in [-0.15, -0.1) is 0 Å². The van der Waals surface area contributed by atoms with Crippen LogP contribution >= 0.6 is 11.6 Å². The first kappa shape index (κ1) is 14.9. The fourth-order valence-corrected chi connectivity index (χ4v) is 2.74. The maximum absolute atomic E-state index is 12.3. The van der Waals surface area contributed by atoms with E-state index in [1.165, 1.54) is 0 Å². The standard InChI is InChI=1S/C18H19ClN2O/c19-15-7-5-14(6-8-15)18(13-3-4-13)21-17(22)11-12-1-9-16(20)10-2-12/h1-2,5-10,13,18H,3-4,11,20H2,(H,21,22). The van der Waals surface area contributed by atoms with Crippen LogP contribution < -0.4 is 11.1 Å². The Balaban J connectivity index is 1.67. The summed E-state index contributed by atoms with van der Waals surface area (Å²) >= 11 is 5.94. The lowest BCUT2D eigenvalue weighted by atomic mass is 10.0. The second-order valence-corrected chi connectivity index (χ2v) is 6.29. The van der Waals surface area contributed by atoms with Crippen molar-refractivity contribution in [3.63, 3.8) is 0 Å². The Hall–Kier alpha value is -2.00. The van der Waals surface area contributed by atoms with Gasteiger partial charge in [0.05, 0.1) is 12.5 Å². The van der Waals surface area contributed by atoms with E-state index in [-0.39, 0.29) is 11.9 Å². The number of rotatable bonds is 5. The van der Waals surface area contributed by atoms with Gasteiger partial charge in [0.15, 0.2) is 0 Å². The minimum absolute atomic E-state index is 0.0385. The number of amides is 1. The fraction of sp³-hybridized carbons (Fsp3) is 0.278. The van der Waals surface area contributed by atoms with Crippen LogP contribution in [0.3, 0.4) is 0 Å². The van der Waals surface area contributed by atoms with E-state index in [9.17, 15) is 4.79 Å². The maximum Gasteiger partial charge on any atom is 0.224 e. The van der Waals surface area contributed by atoms with Crippen LogP contribution in [-0.2, 0) is 11.2 Å². The predicted octanol–water partition coefficient (Wildman–Crippen LogP) is 3.73. The number of halogens is 1. The molecule has 3 rings (SSSR count). The smallest absolute Gasteiger partial charge is 0.224 e. The molecule has 2 aromatic rings. The van der Waals surface area contributed by atoms with Crippen LogP contribution in [0.2, 0.25) is 5.02 Å². The minimum atomic E-state index is 0.0385. The van der Waals surface area contributed by atoms with Crippen molar-refractivity contribution in [2.45, 2.75) is 25.3 Å². The molecule has 1 aliphatic carbocycles. The molecule has 1 aliphatic rings. The van der Waals surface area contributed by atoms with Gasteiger partial charge < -0.3 is 11.1 Å². The molecule has 0 aromatic heterocycles. The third-order valence-corrected chi connectivity index (χ3v) is 4.24. The molecule has 0 saturated heterocycles. The number of anilines is 1. The van der Waals surface area contributed by atoms with E-state index in [1.807, 2.05) is 48.5 Å². The van der Waals surface area contributed by atoms with Crippen molar-refractivity contribution < 1.29 is 4.79 Å². The first-order chi connectivity index (χ1) is 10.6. The average Bonchev–Trinajstić information content (AvgIpc) is 3.33. The van der Waals surface area contributed by atoms with Crippen LogP contribution in [0.25, 0.3) is 0 Å². The molecule has 1 unspecified atom stereocenters. The van der Waals surface area contributed by atoms with Crippen LogP contribution in [0.15, 0.2) is 48.5 Å². The predicted molar refractivity (Wildman–Crippen MR) is 89.6 cm³/mol. The molecule has 1 fully saturated rings. The molecule has 0 spiro atoms. The summed E-state index contributed by atoms with van der Waals surface area (Å²) in [5.41, 5.74) is 8.46. The average molecular weight is 315 g/mol. The Bertz CT molecular complexity index is 648. The fourth-order valence-electron chi connectivity index (χ4n) is 2.62. The molecule has 3 N–H and O–H groups in total. The number of nitrogens with two attached hydrogens (primary N) is 1. The van der Waals surface area contributed by atoms with E-state index in [0.717, 1.165) is 24.0 Å². The van der Waals surface area contributed by atoms with E-state index in [2.05, 4.69) is 5.32 Å². The molecule has 0 aliphatic heterocycles. The van der Waals surface area contributed by atoms with Crippen LogP contribution in [0, 0.1) is 5.92 Å². The molecule has 0 heterocycles. The van der Waals surface area contributed by atoms with Gasteiger partial charge in [-0.05, 0) is 54.2 Å². The molecule has 4 heteroatoms. The first-order valence-electron chi connectivity index (χ1n) is 7.51. The molecule has 1 atom stereocenters. The zero-order valence-corrected chi connectivity index (χ0v) is 13.0. The van der Waals surface area contributed by atoms with Gasteiger partial charge in [0, 0.05) is 10.7 Å². The van der Waals surface area contributed by atoms with Crippen molar-refractivity contribution in [2.75, 3.05) is 5.73 Å². The van der Waals surface area contributed by atoms with Crippen LogP contribution in [0.5, 0.6) is 0 Å². The Labute approximate surface area is 135 Å². The lowest BCUT2D eigenvalue weighted by molar-refractivity contribution is -0.121. The molecule has 2 aromatic carbocycles. The molecule has 0 bridgehead atoms. The largest absolute Gasteiger partial charge is 0.399 e. The van der Waals surface area contributed by atoms with Crippen molar-refractivity contribution in [2.24, 2.45) is 5.92 Å². The monoisotopic (exact) mass is 314 g/mol. The zero-order chi connectivity index (χ0) is 15.5. The number of nitrogens with one attached hydrogen (secondary N) is 1. The summed E-state index contributed by atoms with van der Waals surface area (Å²) < 4.78 is 0. The van der Waals surface area contributed by atoms with E-state index in [0.29, 0.717) is 23.0 Å². The summed E-state index contributed by atoms with van der Waals surface area (Å²) in [5, 5.41) is 3.88. The summed E-state index contributed by atoms with van der Waals surface area (Å²) in [7, 11) is 0. The molecule has 3 nitrogen and oxygen atoms in total. The summed E-state index contributed by atoms with van der Waals surface area (Å²) in [6, 6.07) is 15.2. The number of nitrogen functional groups attached to an aromatic ring is 1. The molecular formula is C18H19ClN2O. The van der Waals surface area contributed by atoms with Crippen molar-refractivity contribution in [1.29, 1.82) is 0 Å². The molecule has 22 heavy (non-hydrogen) atoms. The summed E-state index contributed by atoms with van der Waals surface area (Å²) in [5.74, 6) is 0.577. The van der Waals surface area contributed by atoms with Crippen LogP contribution in [0.1, 0.15) is 30.0 Å². The number of hydrogen-bond acceptors (Lipinski definition) is 2. The molecule has 1 saturated carbocycles. The van der Waals surface area contributed by atoms with E-state index >= 15 is 0 Å². The number of carbonyl (C=O) groups excluding carboxylic acids is 1. The van der Waals surface area contributed by atoms with Gasteiger partial charge in [0.1, 0.15) is 0 Å². The second kappa shape index (κ2) is 6.41. The van der Waals surface area contributed by atoms with Gasteiger partial charge in [-0.3, -0.25) is 4.79 Å². The maximum atomic E-state index is 12.3. The molecule has 1 amide bonds. The Morgan fingerprint density at radius 2 is 1.77 bits per heavy atom. The van der Waals surface area contributed by atoms with Crippen molar-refractivity contribution in [1.82, 2.24) is 5.32 Å². The third-order valence-electron chi connectivity index (χ3n) is 3.98. The van der Waals surface area contributed by atoms with E-state index in [4.69, 9.17) is 17.3 Å². The van der Waals surface area contributed by atoms with Gasteiger partial charge in [0.25, 0.3) is 0 Å². The van der Waals surface area contributed by atoms with Crippen molar-refractivity contribution in [3.05, 3.63) is 64.7 Å². The normalized spacial score (nSPS) is 15.3. The van der Waals surface area contributed by atoms with Crippen LogP contribution in [0.4, 0.5) is 5.69 Å². The molecule has 0 radical (unpaired) electrons. The highest BCUT2D eigenvalue weighted by Crippen LogP contribution is 2.41. The Morgan fingerprint density at radius 3 is 2.36 bits per heavy atom. The van der Waals surface area contributed by atoms with Gasteiger partial charge in [-0.25, -0.2) is 0 Å². The number of benzene rings is 2. The zero-order valence-electron chi connectivity index (χ0n) is 12.3. The van der Waals surface area contributed by atoms with Gasteiger partial charge in [-0.1, -0.05) is 35.9 Å². The molecular weight excluding hydrogens is 296 g/mol. The van der Waals surface area contributed by atoms with Gasteiger partial charge in [-0.2, -0.15) is 0 Å². The highest BCUT2D eigenvalue weighted by Gasteiger charge is 2.33. The highest BCUT2D eigenvalue weighted by atomic mass is 35.5. The topological polar surface area (TPSA) is 55.1 Å². The van der Waals surface area contributed by atoms with Crippen LogP contribution in [-0.4, -0.2) is 5.91 Å². The highest BCUT2D eigenvalue weighted by molar-refractivity contribution is 6.30. The minimum Gasteiger partial charge on any atom is -0.399 e. The lowest BCUT2D eigenvalue weighted by Crippen LogP contribution is -2.31. The quantitative estimate of drug-likeness (QED) is 0.826. The summed E-state index contributed by atoms with van der Waals surface area (Å²) in [6.07, 6.45) is 2.70. The van der Waals surface area contributed by atoms with E-state index in [1.54, 1.807) is 0 Å². The van der Waals surface area contributed by atoms with E-state index < -0.39 is 0 Å². The lowest BCUT2D eigenvalue weighted by Gasteiger charge is -2.19. The summed E-state index contributed by atoms with van der Waals surface area (Å²) in [4.78, 5) is 12.3. The number of hydrogen-bond donors (Lipinski definition) is 2. The second-order valence-electron chi connectivity index (χ2n) is 5.85. The SMILES string of the molecule is Nc1ccc(CC(=O)NC(c2ccc(Cl)cc2)C2CC2)cc1. The van der Waals surface area contributed by atoms with Crippen molar-refractivity contribution in [3.8, 4) is 0 Å². The number of carbonyl (C=O) groups is 1. The molecule has 114 valence electrons. The first-order valence-corrected chi connectivity index (χ1v) is 7.89. The Morgan fingerprint density at radius 1 is 1.14 bits per heavy atom. The van der Waals surface area contributed by atoms with Crippen molar-refractivity contribution >= 4 is 23.2 Å². The van der Waals surface area contributed by atoms with Gasteiger partial charge in [0.2, 0.25) is 5.91 Å².